The molecular formula is C24H28N4O2S2. The number of aromatic nitrogens is 2. The summed E-state index contributed by atoms with van der Waals surface area (Å²) in [6.45, 7) is 8.29. The predicted octanol–water partition coefficient (Wildman–Crippen LogP) is 4.68. The van der Waals surface area contributed by atoms with E-state index in [9.17, 15) is 4.79 Å². The van der Waals surface area contributed by atoms with E-state index in [0.717, 1.165) is 40.3 Å². The second-order valence-electron chi connectivity index (χ2n) is 8.11. The van der Waals surface area contributed by atoms with Crippen LogP contribution in [0.4, 0.5) is 5.82 Å². The average Bonchev–Trinajstić information content (AvgIpc) is 3.21. The van der Waals surface area contributed by atoms with Gasteiger partial charge in [0.05, 0.1) is 12.2 Å². The lowest BCUT2D eigenvalue weighted by Crippen LogP contribution is -2.45. The molecule has 168 valence electrons. The number of pyridine rings is 1. The first-order valence-electron chi connectivity index (χ1n) is 10.7. The van der Waals surface area contributed by atoms with Crippen LogP contribution in [0.25, 0.3) is 0 Å². The van der Waals surface area contributed by atoms with Gasteiger partial charge < -0.3 is 15.0 Å². The Morgan fingerprint density at radius 1 is 1.16 bits per heavy atom. The van der Waals surface area contributed by atoms with E-state index >= 15 is 0 Å². The summed E-state index contributed by atoms with van der Waals surface area (Å²) in [6, 6.07) is 11.8. The van der Waals surface area contributed by atoms with E-state index in [2.05, 4.69) is 39.4 Å². The number of thiazole rings is 1. The molecule has 1 aliphatic heterocycles. The maximum Gasteiger partial charge on any atom is 0.251 e. The second kappa shape index (κ2) is 10.5. The van der Waals surface area contributed by atoms with Crippen molar-refractivity contribution in [2.45, 2.75) is 49.6 Å². The standard InChI is InChI=1S/C24H28N4O2S2/c1-16-14-31-24(27-16)32-15-19-4-7-21(8-5-19)23(29)26-11-20-6-9-22(25-10-20)28-12-17(2)30-18(3)13-28/h4-10,14,17-18H,11-13,15H2,1-3H3,(H,26,29). The van der Waals surface area contributed by atoms with E-state index in [1.165, 1.54) is 5.56 Å². The van der Waals surface area contributed by atoms with Crippen molar-refractivity contribution in [2.24, 2.45) is 0 Å². The Bertz CT molecular complexity index is 1030. The van der Waals surface area contributed by atoms with E-state index in [0.29, 0.717) is 12.1 Å². The fourth-order valence-corrected chi connectivity index (χ4v) is 5.46. The summed E-state index contributed by atoms with van der Waals surface area (Å²) < 4.78 is 6.86. The van der Waals surface area contributed by atoms with Crippen molar-refractivity contribution in [1.82, 2.24) is 15.3 Å². The molecule has 0 spiro atoms. The normalized spacial score (nSPS) is 18.5. The molecule has 2 aromatic heterocycles. The quantitative estimate of drug-likeness (QED) is 0.508. The minimum absolute atomic E-state index is 0.0837. The number of nitrogens with zero attached hydrogens (tertiary/aromatic N) is 3. The van der Waals surface area contributed by atoms with Crippen molar-refractivity contribution in [1.29, 1.82) is 0 Å². The molecule has 0 saturated carbocycles. The molecular weight excluding hydrogens is 440 g/mol. The van der Waals surface area contributed by atoms with Crippen molar-refractivity contribution < 1.29 is 9.53 Å². The van der Waals surface area contributed by atoms with Crippen LogP contribution in [0.5, 0.6) is 0 Å². The van der Waals surface area contributed by atoms with E-state index in [-0.39, 0.29) is 18.1 Å². The number of carbonyl (C=O) groups is 1. The number of thioether (sulfide) groups is 1. The van der Waals surface area contributed by atoms with Gasteiger partial charge in [-0.2, -0.15) is 0 Å². The first-order valence-corrected chi connectivity index (χ1v) is 12.6. The Hall–Kier alpha value is -2.42. The molecule has 4 rings (SSSR count). The zero-order chi connectivity index (χ0) is 22.5. The number of morpholine rings is 1. The largest absolute Gasteiger partial charge is 0.372 e. The number of ether oxygens (including phenoxy) is 1. The first-order chi connectivity index (χ1) is 15.5. The van der Waals surface area contributed by atoms with Gasteiger partial charge >= 0.3 is 0 Å². The summed E-state index contributed by atoms with van der Waals surface area (Å²) in [4.78, 5) is 23.8. The van der Waals surface area contributed by atoms with Gasteiger partial charge in [0, 0.05) is 48.2 Å². The molecule has 0 radical (unpaired) electrons. The molecule has 8 heteroatoms. The highest BCUT2D eigenvalue weighted by atomic mass is 32.2. The summed E-state index contributed by atoms with van der Waals surface area (Å²) >= 11 is 3.38. The van der Waals surface area contributed by atoms with Gasteiger partial charge in [-0.25, -0.2) is 9.97 Å². The van der Waals surface area contributed by atoms with Gasteiger partial charge in [0.1, 0.15) is 10.2 Å². The molecule has 1 amide bonds. The molecule has 1 N–H and O–H groups in total. The monoisotopic (exact) mass is 468 g/mol. The number of carbonyl (C=O) groups excluding carboxylic acids is 1. The van der Waals surface area contributed by atoms with E-state index in [1.54, 1.807) is 23.1 Å². The lowest BCUT2D eigenvalue weighted by Gasteiger charge is -2.36. The topological polar surface area (TPSA) is 67.4 Å². The van der Waals surface area contributed by atoms with Gasteiger partial charge in [0.15, 0.2) is 0 Å². The minimum atomic E-state index is -0.0837. The molecule has 1 aliphatic rings. The Morgan fingerprint density at radius 2 is 1.88 bits per heavy atom. The van der Waals surface area contributed by atoms with Crippen molar-refractivity contribution in [3.63, 3.8) is 0 Å². The Morgan fingerprint density at radius 3 is 2.50 bits per heavy atom. The predicted molar refractivity (Wildman–Crippen MR) is 130 cm³/mol. The average molecular weight is 469 g/mol. The Balaban J connectivity index is 1.26. The second-order valence-corrected chi connectivity index (χ2v) is 10.2. The molecule has 1 saturated heterocycles. The zero-order valence-corrected chi connectivity index (χ0v) is 20.2. The van der Waals surface area contributed by atoms with Crippen LogP contribution < -0.4 is 10.2 Å². The summed E-state index contributed by atoms with van der Waals surface area (Å²) in [5.74, 6) is 1.70. The van der Waals surface area contributed by atoms with Gasteiger partial charge in [-0.05, 0) is 50.1 Å². The van der Waals surface area contributed by atoms with Gasteiger partial charge in [0.2, 0.25) is 0 Å². The van der Waals surface area contributed by atoms with Gasteiger partial charge in [0.25, 0.3) is 5.91 Å². The number of aryl methyl sites for hydroxylation is 1. The summed E-state index contributed by atoms with van der Waals surface area (Å²) in [5, 5.41) is 5.04. The number of hydrogen-bond donors (Lipinski definition) is 1. The Kier molecular flexibility index (Phi) is 7.44. The molecule has 0 aliphatic carbocycles. The highest BCUT2D eigenvalue weighted by molar-refractivity contribution is 8.00. The molecule has 3 heterocycles. The minimum Gasteiger partial charge on any atom is -0.372 e. The van der Waals surface area contributed by atoms with Crippen molar-refractivity contribution in [3.8, 4) is 0 Å². The zero-order valence-electron chi connectivity index (χ0n) is 18.6. The number of benzene rings is 1. The van der Waals surface area contributed by atoms with Crippen LogP contribution in [0.3, 0.4) is 0 Å². The van der Waals surface area contributed by atoms with E-state index < -0.39 is 0 Å². The van der Waals surface area contributed by atoms with E-state index in [1.807, 2.05) is 49.5 Å². The number of rotatable bonds is 7. The van der Waals surface area contributed by atoms with Crippen LogP contribution in [-0.2, 0) is 17.0 Å². The summed E-state index contributed by atoms with van der Waals surface area (Å²) in [6.07, 6.45) is 2.23. The molecule has 0 bridgehead atoms. The van der Waals surface area contributed by atoms with Crippen molar-refractivity contribution >= 4 is 34.8 Å². The SMILES string of the molecule is Cc1csc(SCc2ccc(C(=O)NCc3ccc(N4CC(C)OC(C)C4)nc3)cc2)n1. The van der Waals surface area contributed by atoms with Crippen molar-refractivity contribution in [3.05, 3.63) is 70.4 Å². The number of amides is 1. The molecule has 3 aromatic rings. The van der Waals surface area contributed by atoms with Crippen LogP contribution in [0.2, 0.25) is 0 Å². The maximum atomic E-state index is 12.5. The third kappa shape index (κ3) is 6.09. The summed E-state index contributed by atoms with van der Waals surface area (Å²) in [7, 11) is 0. The van der Waals surface area contributed by atoms with Crippen LogP contribution in [0, 0.1) is 6.92 Å². The number of nitrogens with one attached hydrogen (secondary N) is 1. The lowest BCUT2D eigenvalue weighted by molar-refractivity contribution is -0.00546. The molecule has 1 aromatic carbocycles. The van der Waals surface area contributed by atoms with E-state index in [4.69, 9.17) is 4.74 Å². The van der Waals surface area contributed by atoms with Crippen LogP contribution in [0.1, 0.15) is 41.0 Å². The van der Waals surface area contributed by atoms with Crippen LogP contribution >= 0.6 is 23.1 Å². The molecule has 2 unspecified atom stereocenters. The third-order valence-electron chi connectivity index (χ3n) is 5.18. The molecule has 2 atom stereocenters. The molecule has 32 heavy (non-hydrogen) atoms. The van der Waals surface area contributed by atoms with Gasteiger partial charge in [-0.15, -0.1) is 11.3 Å². The van der Waals surface area contributed by atoms with Crippen molar-refractivity contribution in [2.75, 3.05) is 18.0 Å². The highest BCUT2D eigenvalue weighted by Gasteiger charge is 2.23. The fourth-order valence-electron chi connectivity index (χ4n) is 3.65. The fraction of sp³-hybridized carbons (Fsp3) is 0.375. The number of hydrogen-bond acceptors (Lipinski definition) is 7. The lowest BCUT2D eigenvalue weighted by atomic mass is 10.1. The van der Waals surface area contributed by atoms with Gasteiger partial charge in [-0.3, -0.25) is 4.79 Å². The van der Waals surface area contributed by atoms with Gasteiger partial charge in [-0.1, -0.05) is 30.0 Å². The van der Waals surface area contributed by atoms with Crippen LogP contribution in [-0.4, -0.2) is 41.2 Å². The maximum absolute atomic E-state index is 12.5. The first kappa shape index (κ1) is 22.8. The highest BCUT2D eigenvalue weighted by Crippen LogP contribution is 2.26. The number of anilines is 1. The molecule has 1 fully saturated rings. The smallest absolute Gasteiger partial charge is 0.251 e. The summed E-state index contributed by atoms with van der Waals surface area (Å²) in [5.41, 5.74) is 3.86. The van der Waals surface area contributed by atoms with Crippen LogP contribution in [0.15, 0.2) is 52.3 Å². The molecule has 6 nitrogen and oxygen atoms in total. The Labute approximate surface area is 197 Å². The third-order valence-corrected chi connectivity index (χ3v) is 7.39.